The fraction of sp³-hybridized carbons (Fsp3) is 0.958. The molecule has 6 heteroatoms. The van der Waals surface area contributed by atoms with E-state index >= 15 is 0 Å². The average Bonchev–Trinajstić information content (AvgIpc) is 2.91. The Kier molecular flexibility index (Phi) is 8.76. The summed E-state index contributed by atoms with van der Waals surface area (Å²) < 4.78 is 13.1. The van der Waals surface area contributed by atoms with E-state index in [1.54, 1.807) is 0 Å². The van der Waals surface area contributed by atoms with Gasteiger partial charge in [-0.2, -0.15) is 0 Å². The Hall–Kier alpha value is -0.0700. The van der Waals surface area contributed by atoms with Gasteiger partial charge in [0.25, 0.3) is 0 Å². The van der Waals surface area contributed by atoms with Crippen molar-refractivity contribution in [2.24, 2.45) is 5.92 Å². The Labute approximate surface area is 193 Å². The molecule has 2 aliphatic heterocycles. The number of ether oxygens (including phenoxy) is 2. The molecule has 2 saturated heterocycles. The van der Waals surface area contributed by atoms with Crippen LogP contribution in [-0.4, -0.2) is 50.6 Å². The lowest BCUT2D eigenvalue weighted by molar-refractivity contribution is -0.0802. The van der Waals surface area contributed by atoms with Crippen LogP contribution in [0.25, 0.3) is 0 Å². The summed E-state index contributed by atoms with van der Waals surface area (Å²) in [6, 6.07) is 0.129. The molecule has 3 rings (SSSR count). The molecule has 3 fully saturated rings. The molecule has 0 aromatic heterocycles. The highest BCUT2D eigenvalue weighted by Crippen LogP contribution is 2.41. The summed E-state index contributed by atoms with van der Waals surface area (Å²) in [4.78, 5) is 15.2. The Bertz CT molecular complexity index is 551. The number of hydrogen-bond donors (Lipinski definition) is 0. The molecule has 0 spiro atoms. The molecule has 0 N–H and O–H groups in total. The first-order valence-corrected chi connectivity index (χ1v) is 14.2. The first-order chi connectivity index (χ1) is 14.2. The van der Waals surface area contributed by atoms with Gasteiger partial charge in [0, 0.05) is 0 Å². The molecule has 3 aliphatic rings. The predicted octanol–water partition coefficient (Wildman–Crippen LogP) is 7.06. The lowest BCUT2D eigenvalue weighted by Gasteiger charge is -2.37. The van der Waals surface area contributed by atoms with Crippen molar-refractivity contribution in [1.29, 1.82) is 0 Å². The normalized spacial score (nSPS) is 28.6. The fourth-order valence-corrected chi connectivity index (χ4v) is 8.16. The summed E-state index contributed by atoms with van der Waals surface area (Å²) in [7, 11) is 0. The molecule has 1 aliphatic carbocycles. The van der Waals surface area contributed by atoms with E-state index in [2.05, 4.69) is 23.5 Å². The average molecular weight is 458 g/mol. The zero-order valence-electron chi connectivity index (χ0n) is 19.8. The third-order valence-electron chi connectivity index (χ3n) is 6.50. The number of carbonyl (C=O) groups is 1. The van der Waals surface area contributed by atoms with Crippen LogP contribution in [0, 0.1) is 5.92 Å². The van der Waals surface area contributed by atoms with E-state index in [1.807, 2.05) is 39.5 Å². The largest absolute Gasteiger partial charge is 0.444 e. The Morgan fingerprint density at radius 3 is 2.37 bits per heavy atom. The van der Waals surface area contributed by atoms with Crippen molar-refractivity contribution in [3.8, 4) is 0 Å². The molecule has 30 heavy (non-hydrogen) atoms. The third-order valence-corrected chi connectivity index (χ3v) is 9.58. The molecule has 2 atom stereocenters. The van der Waals surface area contributed by atoms with Gasteiger partial charge in [-0.25, -0.2) is 4.79 Å². The summed E-state index contributed by atoms with van der Waals surface area (Å²) >= 11 is 4.25. The van der Waals surface area contributed by atoms with Gasteiger partial charge in [-0.3, -0.25) is 4.90 Å². The summed E-state index contributed by atoms with van der Waals surface area (Å²) in [6.07, 6.45) is 12.4. The highest BCUT2D eigenvalue weighted by atomic mass is 32.2. The number of thioether (sulfide) groups is 2. The van der Waals surface area contributed by atoms with Crippen LogP contribution in [0.1, 0.15) is 98.8 Å². The van der Waals surface area contributed by atoms with Crippen LogP contribution in [-0.2, 0) is 9.47 Å². The van der Waals surface area contributed by atoms with E-state index in [0.29, 0.717) is 5.92 Å². The third kappa shape index (κ3) is 6.96. The van der Waals surface area contributed by atoms with Crippen molar-refractivity contribution in [2.75, 3.05) is 11.5 Å². The first kappa shape index (κ1) is 24.6. The topological polar surface area (TPSA) is 38.8 Å². The molecular formula is C24H43NO3S2. The van der Waals surface area contributed by atoms with Gasteiger partial charge in [0.15, 0.2) is 0 Å². The molecule has 2 heterocycles. The molecule has 0 aromatic rings. The zero-order chi connectivity index (χ0) is 21.8. The number of rotatable bonds is 6. The summed E-state index contributed by atoms with van der Waals surface area (Å²) in [5.41, 5.74) is -1.10. The number of amides is 1. The van der Waals surface area contributed by atoms with Crippen LogP contribution in [0.4, 0.5) is 4.79 Å². The second-order valence-electron chi connectivity index (χ2n) is 10.7. The van der Waals surface area contributed by atoms with Gasteiger partial charge in [0.2, 0.25) is 0 Å². The van der Waals surface area contributed by atoms with E-state index in [0.717, 1.165) is 17.4 Å². The first-order valence-electron chi connectivity index (χ1n) is 12.1. The van der Waals surface area contributed by atoms with Gasteiger partial charge < -0.3 is 9.47 Å². The maximum atomic E-state index is 13.2. The minimum atomic E-state index is -0.610. The molecule has 0 radical (unpaired) electrons. The second kappa shape index (κ2) is 10.7. The van der Waals surface area contributed by atoms with Crippen molar-refractivity contribution in [3.63, 3.8) is 0 Å². The van der Waals surface area contributed by atoms with E-state index in [4.69, 9.17) is 9.47 Å². The van der Waals surface area contributed by atoms with E-state index in [9.17, 15) is 4.79 Å². The van der Waals surface area contributed by atoms with Crippen LogP contribution in [0.15, 0.2) is 0 Å². The molecule has 1 amide bonds. The summed E-state index contributed by atoms with van der Waals surface area (Å²) in [6.45, 7) is 9.92. The predicted molar refractivity (Wildman–Crippen MR) is 129 cm³/mol. The van der Waals surface area contributed by atoms with Gasteiger partial charge in [-0.15, -0.1) is 23.5 Å². The van der Waals surface area contributed by atoms with Crippen LogP contribution in [0.3, 0.4) is 0 Å². The van der Waals surface area contributed by atoms with Crippen LogP contribution in [0.5, 0.6) is 0 Å². The fourth-order valence-electron chi connectivity index (χ4n) is 5.20. The molecule has 2 unspecified atom stereocenters. The lowest BCUT2D eigenvalue weighted by atomic mass is 9.83. The van der Waals surface area contributed by atoms with E-state index in [1.165, 1.54) is 62.9 Å². The van der Waals surface area contributed by atoms with E-state index < -0.39 is 11.3 Å². The van der Waals surface area contributed by atoms with Crippen LogP contribution >= 0.6 is 23.5 Å². The second-order valence-corrected chi connectivity index (χ2v) is 13.6. The van der Waals surface area contributed by atoms with E-state index in [-0.39, 0.29) is 18.2 Å². The molecule has 1 saturated carbocycles. The van der Waals surface area contributed by atoms with Crippen LogP contribution < -0.4 is 0 Å². The van der Waals surface area contributed by atoms with Gasteiger partial charge in [0.05, 0.1) is 16.7 Å². The van der Waals surface area contributed by atoms with Crippen molar-refractivity contribution in [3.05, 3.63) is 0 Å². The minimum Gasteiger partial charge on any atom is -0.444 e. The molecular weight excluding hydrogens is 414 g/mol. The van der Waals surface area contributed by atoms with Crippen molar-refractivity contribution < 1.29 is 14.3 Å². The maximum Gasteiger partial charge on any atom is 0.412 e. The smallest absolute Gasteiger partial charge is 0.412 e. The highest BCUT2D eigenvalue weighted by Gasteiger charge is 2.51. The molecule has 0 aromatic carbocycles. The Balaban J connectivity index is 1.67. The lowest BCUT2D eigenvalue weighted by Crippen LogP contribution is -2.50. The SMILES string of the molecule is CC(C)(C)OC(=O)N1C(CC2CCCCC2)C(CCCC2SCCCS2)OC1(C)C. The van der Waals surface area contributed by atoms with Gasteiger partial charge in [-0.05, 0) is 84.1 Å². The van der Waals surface area contributed by atoms with Gasteiger partial charge in [-0.1, -0.05) is 32.1 Å². The van der Waals surface area contributed by atoms with Gasteiger partial charge >= 0.3 is 6.09 Å². The monoisotopic (exact) mass is 457 g/mol. The standard InChI is InChI=1S/C24H43NO3S2/c1-23(2,3)28-22(26)25-19(17-18-11-7-6-8-12-18)20(27-24(25,4)5)13-9-14-21-29-15-10-16-30-21/h18-21H,6-17H2,1-5H3. The number of hydrogen-bond acceptors (Lipinski definition) is 5. The quantitative estimate of drug-likeness (QED) is 0.427. The van der Waals surface area contributed by atoms with Crippen LogP contribution in [0.2, 0.25) is 0 Å². The summed E-state index contributed by atoms with van der Waals surface area (Å²) in [5.74, 6) is 3.32. The zero-order valence-corrected chi connectivity index (χ0v) is 21.4. The molecule has 0 bridgehead atoms. The minimum absolute atomic E-state index is 0.119. The number of nitrogens with zero attached hydrogens (tertiary/aromatic N) is 1. The molecule has 174 valence electrons. The van der Waals surface area contributed by atoms with Crippen molar-refractivity contribution in [2.45, 2.75) is 127 Å². The number of carbonyl (C=O) groups excluding carboxylic acids is 1. The summed E-state index contributed by atoms with van der Waals surface area (Å²) in [5, 5.41) is 0. The van der Waals surface area contributed by atoms with Crippen molar-refractivity contribution in [1.82, 2.24) is 4.90 Å². The highest BCUT2D eigenvalue weighted by molar-refractivity contribution is 8.17. The maximum absolute atomic E-state index is 13.2. The Morgan fingerprint density at radius 1 is 1.07 bits per heavy atom. The van der Waals surface area contributed by atoms with Gasteiger partial charge in [0.1, 0.15) is 11.3 Å². The molecule has 4 nitrogen and oxygen atoms in total. The van der Waals surface area contributed by atoms with Crippen molar-refractivity contribution >= 4 is 29.6 Å². The Morgan fingerprint density at radius 2 is 1.73 bits per heavy atom.